The van der Waals surface area contributed by atoms with Crippen molar-refractivity contribution in [2.45, 2.75) is 56.3 Å². The maximum atomic E-state index is 13.0. The molecule has 2 amide bonds. The van der Waals surface area contributed by atoms with E-state index in [0.717, 1.165) is 5.56 Å². The number of nitrogens with one attached hydrogen (secondary N) is 1. The molecular weight excluding hydrogens is 352 g/mol. The topological polar surface area (TPSA) is 86.7 Å². The number of thioether (sulfide) groups is 1. The van der Waals surface area contributed by atoms with Gasteiger partial charge in [-0.3, -0.25) is 9.59 Å². The van der Waals surface area contributed by atoms with Gasteiger partial charge >= 0.3 is 5.97 Å². The fourth-order valence-corrected chi connectivity index (χ4v) is 5.34. The Morgan fingerprint density at radius 3 is 2.58 bits per heavy atom. The lowest BCUT2D eigenvalue weighted by atomic mass is 9.98. The summed E-state index contributed by atoms with van der Waals surface area (Å²) in [6.45, 7) is 7.67. The zero-order valence-electron chi connectivity index (χ0n) is 15.4. The zero-order valence-corrected chi connectivity index (χ0v) is 16.2. The number of hydrogen-bond acceptors (Lipinski definition) is 4. The third kappa shape index (κ3) is 3.09. The molecule has 1 unspecified atom stereocenters. The minimum Gasteiger partial charge on any atom is -0.480 e. The van der Waals surface area contributed by atoms with Crippen LogP contribution in [0, 0.1) is 5.92 Å². The van der Waals surface area contributed by atoms with E-state index >= 15 is 0 Å². The van der Waals surface area contributed by atoms with Crippen LogP contribution in [0.4, 0.5) is 0 Å². The van der Waals surface area contributed by atoms with Crippen LogP contribution in [-0.4, -0.2) is 44.6 Å². The van der Waals surface area contributed by atoms with Gasteiger partial charge in [0.05, 0.1) is 0 Å². The molecule has 0 aliphatic carbocycles. The summed E-state index contributed by atoms with van der Waals surface area (Å²) < 4.78 is -0.515. The highest BCUT2D eigenvalue weighted by molar-refractivity contribution is 8.01. The maximum Gasteiger partial charge on any atom is 0.326 e. The second-order valence-electron chi connectivity index (χ2n) is 7.80. The number of carboxylic acids is 1. The first-order chi connectivity index (χ1) is 12.1. The number of hydrogen-bond donors (Lipinski definition) is 2. The largest absolute Gasteiger partial charge is 0.480 e. The van der Waals surface area contributed by atoms with Crippen LogP contribution in [0.2, 0.25) is 0 Å². The number of benzene rings is 1. The average molecular weight is 376 g/mol. The zero-order chi connectivity index (χ0) is 19.2. The van der Waals surface area contributed by atoms with Gasteiger partial charge in [-0.2, -0.15) is 0 Å². The smallest absolute Gasteiger partial charge is 0.326 e. The Bertz CT molecular complexity index is 762. The molecule has 0 bridgehead atoms. The Hall–Kier alpha value is -2.02. The molecule has 2 N–H and O–H groups in total. The number of carbonyl (C=O) groups is 3. The molecule has 6 nitrogen and oxygen atoms in total. The predicted octanol–water partition coefficient (Wildman–Crippen LogP) is 2.65. The lowest BCUT2D eigenvalue weighted by Crippen LogP contribution is -2.55. The van der Waals surface area contributed by atoms with Crippen molar-refractivity contribution >= 4 is 29.5 Å². The van der Waals surface area contributed by atoms with Crippen LogP contribution >= 0.6 is 11.8 Å². The van der Waals surface area contributed by atoms with Gasteiger partial charge in [-0.05, 0) is 37.8 Å². The molecule has 0 saturated carbocycles. The molecular formula is C19H24N2O4S. The molecule has 2 aliphatic rings. The van der Waals surface area contributed by atoms with E-state index < -0.39 is 28.7 Å². The molecule has 7 heteroatoms. The number of carbonyl (C=O) groups excluding carboxylic acids is 2. The Labute approximate surface area is 157 Å². The molecule has 1 fully saturated rings. The monoisotopic (exact) mass is 376 g/mol. The summed E-state index contributed by atoms with van der Waals surface area (Å²) >= 11 is 1.57. The molecule has 1 saturated heterocycles. The highest BCUT2D eigenvalue weighted by atomic mass is 32.2. The number of carboxylic acid groups (broad SMARTS) is 1. The third-order valence-corrected chi connectivity index (χ3v) is 6.40. The van der Waals surface area contributed by atoms with Crippen molar-refractivity contribution in [1.82, 2.24) is 10.2 Å². The van der Waals surface area contributed by atoms with Crippen molar-refractivity contribution in [1.29, 1.82) is 0 Å². The molecule has 0 radical (unpaired) electrons. The standard InChI is InChI=1S/C19H24N2O4S/c1-10(2)9-13(18(24)25)20-15(22)14-19(3,4)26-17-12-8-6-5-7-11(12)16(23)21(14)17/h5-8,10,13-14,17H,9H2,1-4H3,(H,20,22)(H,24,25)/t13-,14-,17?/m1/s1. The van der Waals surface area contributed by atoms with Crippen molar-refractivity contribution in [2.75, 3.05) is 0 Å². The van der Waals surface area contributed by atoms with E-state index in [1.807, 2.05) is 45.9 Å². The fourth-order valence-electron chi connectivity index (χ4n) is 3.75. The van der Waals surface area contributed by atoms with Gasteiger partial charge in [-0.25, -0.2) is 4.79 Å². The Morgan fingerprint density at radius 2 is 1.96 bits per heavy atom. The summed E-state index contributed by atoms with van der Waals surface area (Å²) in [7, 11) is 0. The number of aliphatic carboxylic acids is 1. The summed E-state index contributed by atoms with van der Waals surface area (Å²) in [5.41, 5.74) is 1.54. The SMILES string of the molecule is CC(C)C[C@@H](NC(=O)[C@H]1N2C(=O)c3ccccc3C2SC1(C)C)C(=O)O. The Balaban J connectivity index is 1.88. The van der Waals surface area contributed by atoms with E-state index in [2.05, 4.69) is 5.32 Å². The minimum absolute atomic E-state index is 0.132. The van der Waals surface area contributed by atoms with E-state index in [0.29, 0.717) is 12.0 Å². The van der Waals surface area contributed by atoms with E-state index in [-0.39, 0.29) is 17.2 Å². The van der Waals surface area contributed by atoms with Crippen LogP contribution in [0.25, 0.3) is 0 Å². The van der Waals surface area contributed by atoms with Crippen LogP contribution in [0.1, 0.15) is 55.4 Å². The molecule has 2 aliphatic heterocycles. The van der Waals surface area contributed by atoms with Crippen LogP contribution < -0.4 is 5.32 Å². The van der Waals surface area contributed by atoms with Crippen molar-refractivity contribution in [3.63, 3.8) is 0 Å². The molecule has 1 aromatic rings. The second kappa shape index (κ2) is 6.61. The van der Waals surface area contributed by atoms with Crippen molar-refractivity contribution in [2.24, 2.45) is 5.92 Å². The van der Waals surface area contributed by atoms with Crippen LogP contribution in [0.3, 0.4) is 0 Å². The van der Waals surface area contributed by atoms with Crippen LogP contribution in [0.15, 0.2) is 24.3 Å². The molecule has 26 heavy (non-hydrogen) atoms. The molecule has 3 atom stereocenters. The summed E-state index contributed by atoms with van der Waals surface area (Å²) in [5.74, 6) is -1.49. The number of fused-ring (bicyclic) bond motifs is 3. The van der Waals surface area contributed by atoms with E-state index in [1.54, 1.807) is 22.7 Å². The van der Waals surface area contributed by atoms with Gasteiger partial charge in [0, 0.05) is 10.3 Å². The van der Waals surface area contributed by atoms with Gasteiger partial charge in [0.15, 0.2) is 0 Å². The number of amides is 2. The molecule has 0 spiro atoms. The first kappa shape index (κ1) is 18.8. The molecule has 2 heterocycles. The normalized spacial score (nSPS) is 24.3. The third-order valence-electron chi connectivity index (χ3n) is 4.87. The van der Waals surface area contributed by atoms with Gasteiger partial charge in [0.1, 0.15) is 17.5 Å². The lowest BCUT2D eigenvalue weighted by Gasteiger charge is -2.30. The average Bonchev–Trinajstić information content (AvgIpc) is 2.97. The first-order valence-corrected chi connectivity index (χ1v) is 9.64. The summed E-state index contributed by atoms with van der Waals surface area (Å²) in [5, 5.41) is 11.9. The minimum atomic E-state index is -1.05. The van der Waals surface area contributed by atoms with E-state index in [1.165, 1.54) is 0 Å². The van der Waals surface area contributed by atoms with Gasteiger partial charge in [0.25, 0.3) is 5.91 Å². The summed E-state index contributed by atoms with van der Waals surface area (Å²) in [6.07, 6.45) is 0.346. The molecule has 140 valence electrons. The quantitative estimate of drug-likeness (QED) is 0.825. The maximum absolute atomic E-state index is 13.0. The molecule has 0 aromatic heterocycles. The summed E-state index contributed by atoms with van der Waals surface area (Å²) in [4.78, 5) is 39.0. The Morgan fingerprint density at radius 1 is 1.31 bits per heavy atom. The number of rotatable bonds is 5. The van der Waals surface area contributed by atoms with E-state index in [4.69, 9.17) is 0 Å². The number of nitrogens with zero attached hydrogens (tertiary/aromatic N) is 1. The lowest BCUT2D eigenvalue weighted by molar-refractivity contribution is -0.143. The second-order valence-corrected chi connectivity index (χ2v) is 9.54. The van der Waals surface area contributed by atoms with Gasteiger partial charge in [-0.1, -0.05) is 32.0 Å². The van der Waals surface area contributed by atoms with Crippen molar-refractivity contribution in [3.05, 3.63) is 35.4 Å². The summed E-state index contributed by atoms with van der Waals surface area (Å²) in [6, 6.07) is 5.72. The van der Waals surface area contributed by atoms with Gasteiger partial charge in [-0.15, -0.1) is 11.8 Å². The molecule has 3 rings (SSSR count). The van der Waals surface area contributed by atoms with E-state index in [9.17, 15) is 19.5 Å². The predicted molar refractivity (Wildman–Crippen MR) is 99.8 cm³/mol. The fraction of sp³-hybridized carbons (Fsp3) is 0.526. The van der Waals surface area contributed by atoms with Crippen LogP contribution in [0.5, 0.6) is 0 Å². The van der Waals surface area contributed by atoms with Crippen molar-refractivity contribution in [3.8, 4) is 0 Å². The van der Waals surface area contributed by atoms with Gasteiger partial charge < -0.3 is 15.3 Å². The van der Waals surface area contributed by atoms with Crippen molar-refractivity contribution < 1.29 is 19.5 Å². The Kier molecular flexibility index (Phi) is 4.77. The van der Waals surface area contributed by atoms with Crippen LogP contribution in [-0.2, 0) is 9.59 Å². The highest BCUT2D eigenvalue weighted by Crippen LogP contribution is 2.56. The van der Waals surface area contributed by atoms with Gasteiger partial charge in [0.2, 0.25) is 5.91 Å². The first-order valence-electron chi connectivity index (χ1n) is 8.76. The molecule has 1 aromatic carbocycles. The highest BCUT2D eigenvalue weighted by Gasteiger charge is 2.57.